The Hall–Kier alpha value is -1.13. The number of nitrogens with zero attached hydrogens (tertiary/aromatic N) is 2. The molecule has 0 saturated heterocycles. The minimum Gasteiger partial charge on any atom is -0.369 e. The summed E-state index contributed by atoms with van der Waals surface area (Å²) in [7, 11) is -4.22. The first-order valence-corrected chi connectivity index (χ1v) is 8.62. The highest BCUT2D eigenvalue weighted by atomic mass is 79.9. The number of fused-ring (bicyclic) bond motifs is 1. The Kier molecular flexibility index (Phi) is 4.59. The molecule has 1 aliphatic heterocycles. The van der Waals surface area contributed by atoms with Crippen molar-refractivity contribution in [3.05, 3.63) is 10.4 Å². The molecule has 1 unspecified atom stereocenters. The van der Waals surface area contributed by atoms with Crippen molar-refractivity contribution in [2.75, 3.05) is 28.8 Å². The molecule has 12 heteroatoms. The van der Waals surface area contributed by atoms with Crippen LogP contribution < -0.4 is 21.5 Å². The SMILES string of the molecule is C[C@H](CN1c2nc(N)[nH]c(=O)c2NC1Br)OCP(=O)(O)O. The predicted octanol–water partition coefficient (Wildman–Crippen LogP) is -0.197. The second kappa shape index (κ2) is 5.93. The van der Waals surface area contributed by atoms with E-state index < -0.39 is 30.7 Å². The lowest BCUT2D eigenvalue weighted by Crippen LogP contribution is -2.37. The van der Waals surface area contributed by atoms with Gasteiger partial charge in [0.15, 0.2) is 10.9 Å². The molecular weight excluding hydrogens is 369 g/mol. The van der Waals surface area contributed by atoms with Gasteiger partial charge in [-0.1, -0.05) is 0 Å². The first kappa shape index (κ1) is 16.2. The lowest BCUT2D eigenvalue weighted by atomic mass is 10.3. The van der Waals surface area contributed by atoms with Crippen molar-refractivity contribution in [3.8, 4) is 0 Å². The molecule has 6 N–H and O–H groups in total. The lowest BCUT2D eigenvalue weighted by Gasteiger charge is -2.25. The fourth-order valence-electron chi connectivity index (χ4n) is 1.85. The minimum atomic E-state index is -4.22. The van der Waals surface area contributed by atoms with Gasteiger partial charge in [-0.05, 0) is 22.9 Å². The number of rotatable bonds is 5. The molecule has 0 aromatic carbocycles. The topological polar surface area (TPSA) is 154 Å². The summed E-state index contributed by atoms with van der Waals surface area (Å²) < 4.78 is 15.9. The average Bonchev–Trinajstić information content (AvgIpc) is 2.64. The number of halogens is 1. The van der Waals surface area contributed by atoms with Gasteiger partial charge in [0.05, 0.1) is 6.10 Å². The van der Waals surface area contributed by atoms with E-state index >= 15 is 0 Å². The van der Waals surface area contributed by atoms with Crippen molar-refractivity contribution in [1.82, 2.24) is 9.97 Å². The van der Waals surface area contributed by atoms with Gasteiger partial charge in [-0.2, -0.15) is 4.98 Å². The average molecular weight is 384 g/mol. The number of anilines is 3. The molecule has 1 aromatic heterocycles. The first-order chi connectivity index (χ1) is 9.67. The number of hydrogen-bond donors (Lipinski definition) is 5. The van der Waals surface area contributed by atoms with Gasteiger partial charge in [0.25, 0.3) is 5.56 Å². The molecule has 0 radical (unpaired) electrons. The molecule has 0 bridgehead atoms. The zero-order valence-corrected chi connectivity index (χ0v) is 13.5. The number of alkyl halides is 1. The van der Waals surface area contributed by atoms with Crippen LogP contribution in [-0.2, 0) is 9.30 Å². The second-order valence-corrected chi connectivity index (χ2v) is 7.01. The van der Waals surface area contributed by atoms with E-state index in [0.29, 0.717) is 5.82 Å². The summed E-state index contributed by atoms with van der Waals surface area (Å²) in [5, 5.41) is 2.49. The Morgan fingerprint density at radius 1 is 1.62 bits per heavy atom. The fraction of sp³-hybridized carbons (Fsp3) is 0.556. The number of hydrogen-bond acceptors (Lipinski definition) is 7. The van der Waals surface area contributed by atoms with Gasteiger partial charge in [-0.25, -0.2) is 0 Å². The van der Waals surface area contributed by atoms with Crippen LogP contribution in [-0.4, -0.2) is 43.8 Å². The fourth-order valence-corrected chi connectivity index (χ4v) is 2.89. The van der Waals surface area contributed by atoms with Gasteiger partial charge in [-0.15, -0.1) is 0 Å². The molecule has 2 rings (SSSR count). The van der Waals surface area contributed by atoms with Crippen LogP contribution in [0.4, 0.5) is 17.5 Å². The third-order valence-electron chi connectivity index (χ3n) is 2.71. The Bertz CT molecular complexity index is 633. The molecule has 0 spiro atoms. The summed E-state index contributed by atoms with van der Waals surface area (Å²) in [5.74, 6) is 0.334. The molecule has 1 aliphatic rings. The van der Waals surface area contributed by atoms with Gasteiger partial charge in [-0.3, -0.25) is 14.3 Å². The standard InChI is InChI=1S/C9H15BrN5O5P/c1-4(20-3-21(17,18)19)2-15-6-5(12-8(15)10)7(16)14-9(11)13-6/h4,8,12H,2-3H2,1H3,(H2,17,18,19)(H3,11,13,14,16)/t4-,8?/m1/s1. The van der Waals surface area contributed by atoms with Crippen LogP contribution in [0, 0.1) is 0 Å². The third-order valence-corrected chi connectivity index (χ3v) is 3.92. The quantitative estimate of drug-likeness (QED) is 0.264. The number of nitrogen functional groups attached to an aromatic ring is 1. The van der Waals surface area contributed by atoms with Gasteiger partial charge < -0.3 is 30.5 Å². The number of aromatic nitrogens is 2. The molecule has 10 nitrogen and oxygen atoms in total. The Labute approximate surface area is 128 Å². The number of nitrogens with one attached hydrogen (secondary N) is 2. The highest BCUT2D eigenvalue weighted by Crippen LogP contribution is 2.35. The van der Waals surface area contributed by atoms with Crippen molar-refractivity contribution < 1.29 is 19.1 Å². The summed E-state index contributed by atoms with van der Waals surface area (Å²) in [6.07, 6.45) is -1.16. The summed E-state index contributed by atoms with van der Waals surface area (Å²) in [6, 6.07) is 0. The summed E-state index contributed by atoms with van der Waals surface area (Å²) in [4.78, 5) is 37.4. The normalized spacial score (nSPS) is 19.2. The summed E-state index contributed by atoms with van der Waals surface area (Å²) >= 11 is 3.34. The Morgan fingerprint density at radius 2 is 2.29 bits per heavy atom. The van der Waals surface area contributed by atoms with Crippen LogP contribution in [0.1, 0.15) is 6.92 Å². The van der Waals surface area contributed by atoms with Gasteiger partial charge in [0.1, 0.15) is 12.0 Å². The molecule has 2 atom stereocenters. The van der Waals surface area contributed by atoms with Crippen LogP contribution in [0.3, 0.4) is 0 Å². The molecule has 2 heterocycles. The van der Waals surface area contributed by atoms with E-state index in [2.05, 4.69) is 31.2 Å². The maximum Gasteiger partial charge on any atom is 0.350 e. The summed E-state index contributed by atoms with van der Waals surface area (Å²) in [5.41, 5.74) is 5.39. The van der Waals surface area contributed by atoms with Gasteiger partial charge in [0.2, 0.25) is 5.95 Å². The van der Waals surface area contributed by atoms with Crippen molar-refractivity contribution >= 4 is 41.0 Å². The van der Waals surface area contributed by atoms with Crippen LogP contribution in [0.25, 0.3) is 0 Å². The van der Waals surface area contributed by atoms with E-state index in [4.69, 9.17) is 20.3 Å². The largest absolute Gasteiger partial charge is 0.369 e. The lowest BCUT2D eigenvalue weighted by molar-refractivity contribution is 0.0928. The van der Waals surface area contributed by atoms with Crippen molar-refractivity contribution in [3.63, 3.8) is 0 Å². The number of ether oxygens (including phenoxy) is 1. The zero-order chi connectivity index (χ0) is 15.8. The zero-order valence-electron chi connectivity index (χ0n) is 11.0. The van der Waals surface area contributed by atoms with Crippen molar-refractivity contribution in [2.24, 2.45) is 0 Å². The smallest absolute Gasteiger partial charge is 0.350 e. The van der Waals surface area contributed by atoms with Crippen LogP contribution in [0.15, 0.2) is 4.79 Å². The minimum absolute atomic E-state index is 0.0176. The van der Waals surface area contributed by atoms with Crippen molar-refractivity contribution in [1.29, 1.82) is 0 Å². The maximum atomic E-state index is 11.7. The molecule has 1 aromatic rings. The second-order valence-electron chi connectivity index (χ2n) is 4.55. The highest BCUT2D eigenvalue weighted by molar-refractivity contribution is 9.09. The molecule has 0 amide bonds. The Morgan fingerprint density at radius 3 is 2.90 bits per heavy atom. The molecular formula is C9H15BrN5O5P. The van der Waals surface area contributed by atoms with Gasteiger partial charge in [0, 0.05) is 6.54 Å². The number of nitrogens with two attached hydrogens (primary N) is 1. The van der Waals surface area contributed by atoms with E-state index in [1.165, 1.54) is 0 Å². The molecule has 0 aliphatic carbocycles. The molecule has 0 fully saturated rings. The number of H-pyrrole nitrogens is 1. The molecule has 0 saturated carbocycles. The van der Waals surface area contributed by atoms with E-state index in [1.54, 1.807) is 11.8 Å². The van der Waals surface area contributed by atoms with Crippen LogP contribution in [0.5, 0.6) is 0 Å². The third kappa shape index (κ3) is 3.95. The molecule has 118 valence electrons. The van der Waals surface area contributed by atoms with Crippen LogP contribution in [0.2, 0.25) is 0 Å². The maximum absolute atomic E-state index is 11.7. The van der Waals surface area contributed by atoms with Gasteiger partial charge >= 0.3 is 7.60 Å². The van der Waals surface area contributed by atoms with E-state index in [0.717, 1.165) is 0 Å². The van der Waals surface area contributed by atoms with Crippen molar-refractivity contribution in [2.45, 2.75) is 18.1 Å². The molecule has 21 heavy (non-hydrogen) atoms. The summed E-state index contributed by atoms with van der Waals surface area (Å²) in [6.45, 7) is 1.91. The monoisotopic (exact) mass is 383 g/mol. The predicted molar refractivity (Wildman–Crippen MR) is 80.4 cm³/mol. The van der Waals surface area contributed by atoms with E-state index in [9.17, 15) is 9.36 Å². The first-order valence-electron chi connectivity index (χ1n) is 5.90. The van der Waals surface area contributed by atoms with E-state index in [-0.39, 0.29) is 18.2 Å². The number of aromatic amines is 1. The highest BCUT2D eigenvalue weighted by Gasteiger charge is 2.32. The van der Waals surface area contributed by atoms with Crippen LogP contribution >= 0.6 is 23.5 Å². The van der Waals surface area contributed by atoms with E-state index in [1.807, 2.05) is 0 Å². The Balaban J connectivity index is 2.12.